The summed E-state index contributed by atoms with van der Waals surface area (Å²) in [4.78, 5) is 24.5. The Morgan fingerprint density at radius 3 is 2.41 bits per heavy atom. The largest absolute Gasteiger partial charge is 0.349 e. The summed E-state index contributed by atoms with van der Waals surface area (Å²) in [6.45, 7) is 3.50. The van der Waals surface area contributed by atoms with E-state index in [1.807, 2.05) is 43.3 Å². The van der Waals surface area contributed by atoms with Crippen molar-refractivity contribution in [2.45, 2.75) is 51.1 Å². The molecule has 2 aromatic rings. The predicted molar refractivity (Wildman–Crippen MR) is 110 cm³/mol. The Balaban J connectivity index is 1.75. The van der Waals surface area contributed by atoms with E-state index >= 15 is 0 Å². The summed E-state index contributed by atoms with van der Waals surface area (Å²) in [5.41, 5.74) is 2.92. The molecule has 1 aliphatic rings. The highest BCUT2D eigenvalue weighted by molar-refractivity contribution is 9.10. The second kappa shape index (κ2) is 8.26. The van der Waals surface area contributed by atoms with Crippen LogP contribution in [0.1, 0.15) is 55.3 Å². The van der Waals surface area contributed by atoms with Gasteiger partial charge in [0.25, 0.3) is 0 Å². The van der Waals surface area contributed by atoms with Crippen LogP contribution < -0.4 is 10.6 Å². The van der Waals surface area contributed by atoms with E-state index < -0.39 is 0 Å². The molecule has 1 unspecified atom stereocenters. The summed E-state index contributed by atoms with van der Waals surface area (Å²) in [6.07, 6.45) is 3.19. The van der Waals surface area contributed by atoms with E-state index in [2.05, 4.69) is 38.7 Å². The van der Waals surface area contributed by atoms with E-state index in [-0.39, 0.29) is 29.8 Å². The molecule has 1 fully saturated rings. The van der Waals surface area contributed by atoms with Gasteiger partial charge in [0.05, 0.1) is 18.0 Å². The molecule has 27 heavy (non-hydrogen) atoms. The predicted octanol–water partition coefficient (Wildman–Crippen LogP) is 4.52. The Labute approximate surface area is 168 Å². The van der Waals surface area contributed by atoms with Gasteiger partial charge in [-0.2, -0.15) is 0 Å². The lowest BCUT2D eigenvalue weighted by Crippen LogP contribution is -2.51. The van der Waals surface area contributed by atoms with Crippen molar-refractivity contribution in [3.63, 3.8) is 0 Å². The Bertz CT molecular complexity index is 828. The Kier molecular flexibility index (Phi) is 6.00. The van der Waals surface area contributed by atoms with Gasteiger partial charge in [0.1, 0.15) is 0 Å². The third-order valence-electron chi connectivity index (χ3n) is 5.21. The van der Waals surface area contributed by atoms with Gasteiger partial charge in [-0.05, 0) is 49.4 Å². The highest BCUT2D eigenvalue weighted by atomic mass is 79.9. The lowest BCUT2D eigenvalue weighted by Gasteiger charge is -2.43. The maximum atomic E-state index is 12.9. The third-order valence-corrected chi connectivity index (χ3v) is 5.70. The molecule has 4 nitrogen and oxygen atoms in total. The fourth-order valence-electron chi connectivity index (χ4n) is 3.60. The summed E-state index contributed by atoms with van der Waals surface area (Å²) in [5.74, 6) is -0.187. The molecule has 1 aliphatic carbocycles. The zero-order valence-electron chi connectivity index (χ0n) is 15.7. The number of amides is 2. The number of nitrogens with one attached hydrogen (secondary N) is 2. The average Bonchev–Trinajstić information content (AvgIpc) is 2.58. The van der Waals surface area contributed by atoms with Gasteiger partial charge in [-0.15, -0.1) is 0 Å². The SMILES string of the molecule is CC(=O)NC(CC(=O)NC1(c2cccc(Br)c2)CCC1)c1ccc(C)cc1. The van der Waals surface area contributed by atoms with Crippen LogP contribution in [-0.4, -0.2) is 11.8 Å². The van der Waals surface area contributed by atoms with E-state index in [0.29, 0.717) is 0 Å². The molecule has 142 valence electrons. The first-order valence-corrected chi connectivity index (χ1v) is 10.1. The van der Waals surface area contributed by atoms with Crippen LogP contribution in [-0.2, 0) is 15.1 Å². The summed E-state index contributed by atoms with van der Waals surface area (Å²) in [6, 6.07) is 15.7. The first-order chi connectivity index (χ1) is 12.9. The van der Waals surface area contributed by atoms with Crippen molar-refractivity contribution in [1.29, 1.82) is 0 Å². The van der Waals surface area contributed by atoms with Crippen molar-refractivity contribution in [3.05, 3.63) is 69.7 Å². The molecule has 0 aliphatic heterocycles. The molecule has 3 rings (SSSR count). The Morgan fingerprint density at radius 2 is 1.85 bits per heavy atom. The summed E-state index contributed by atoms with van der Waals surface area (Å²) in [5, 5.41) is 6.16. The van der Waals surface area contributed by atoms with Gasteiger partial charge < -0.3 is 10.6 Å². The fourth-order valence-corrected chi connectivity index (χ4v) is 4.00. The van der Waals surface area contributed by atoms with E-state index in [4.69, 9.17) is 0 Å². The van der Waals surface area contributed by atoms with Crippen molar-refractivity contribution in [2.75, 3.05) is 0 Å². The first kappa shape index (κ1) is 19.6. The van der Waals surface area contributed by atoms with Gasteiger partial charge in [-0.3, -0.25) is 9.59 Å². The molecule has 1 atom stereocenters. The smallest absolute Gasteiger partial charge is 0.223 e. The number of halogens is 1. The number of aryl methyl sites for hydroxylation is 1. The number of hydrogen-bond donors (Lipinski definition) is 2. The van der Waals surface area contributed by atoms with Crippen molar-refractivity contribution >= 4 is 27.7 Å². The molecule has 0 bridgehead atoms. The van der Waals surface area contributed by atoms with Gasteiger partial charge in [-0.1, -0.05) is 57.9 Å². The highest BCUT2D eigenvalue weighted by Crippen LogP contribution is 2.42. The molecule has 0 radical (unpaired) electrons. The molecule has 0 saturated heterocycles. The molecule has 1 saturated carbocycles. The van der Waals surface area contributed by atoms with Crippen molar-refractivity contribution in [1.82, 2.24) is 10.6 Å². The number of benzene rings is 2. The molecule has 0 spiro atoms. The van der Waals surface area contributed by atoms with Crippen LogP contribution in [0.25, 0.3) is 0 Å². The second-order valence-corrected chi connectivity index (χ2v) is 8.28. The number of hydrogen-bond acceptors (Lipinski definition) is 2. The maximum Gasteiger partial charge on any atom is 0.223 e. The quantitative estimate of drug-likeness (QED) is 0.710. The van der Waals surface area contributed by atoms with Crippen LogP contribution >= 0.6 is 15.9 Å². The van der Waals surface area contributed by atoms with Crippen LogP contribution in [0.4, 0.5) is 0 Å². The van der Waals surface area contributed by atoms with Gasteiger partial charge in [0.2, 0.25) is 11.8 Å². The van der Waals surface area contributed by atoms with Gasteiger partial charge in [-0.25, -0.2) is 0 Å². The highest BCUT2D eigenvalue weighted by Gasteiger charge is 2.40. The number of carbonyl (C=O) groups is 2. The third kappa shape index (κ3) is 4.78. The zero-order chi connectivity index (χ0) is 19.4. The number of carbonyl (C=O) groups excluding carboxylic acids is 2. The summed E-state index contributed by atoms with van der Waals surface area (Å²) < 4.78 is 1.01. The number of rotatable bonds is 6. The minimum atomic E-state index is -0.331. The van der Waals surface area contributed by atoms with Gasteiger partial charge >= 0.3 is 0 Å². The van der Waals surface area contributed by atoms with Crippen LogP contribution in [0.3, 0.4) is 0 Å². The second-order valence-electron chi connectivity index (χ2n) is 7.36. The molecule has 0 aromatic heterocycles. The van der Waals surface area contributed by atoms with E-state index in [9.17, 15) is 9.59 Å². The first-order valence-electron chi connectivity index (χ1n) is 9.29. The molecular formula is C22H25BrN2O2. The van der Waals surface area contributed by atoms with Crippen molar-refractivity contribution in [3.8, 4) is 0 Å². The molecule has 5 heteroatoms. The lowest BCUT2D eigenvalue weighted by atomic mass is 9.71. The molecule has 2 aromatic carbocycles. The van der Waals surface area contributed by atoms with Crippen LogP contribution in [0.15, 0.2) is 53.0 Å². The van der Waals surface area contributed by atoms with Crippen molar-refractivity contribution in [2.24, 2.45) is 0 Å². The van der Waals surface area contributed by atoms with Gasteiger partial charge in [0, 0.05) is 11.4 Å². The van der Waals surface area contributed by atoms with Crippen LogP contribution in [0.2, 0.25) is 0 Å². The van der Waals surface area contributed by atoms with Crippen LogP contribution in [0, 0.1) is 6.92 Å². The summed E-state index contributed by atoms with van der Waals surface area (Å²) in [7, 11) is 0. The Morgan fingerprint density at radius 1 is 1.15 bits per heavy atom. The fraction of sp³-hybridized carbons (Fsp3) is 0.364. The standard InChI is InChI=1S/C22H25BrN2O2/c1-15-7-9-17(10-8-15)20(24-16(2)26)14-21(27)25-22(11-4-12-22)18-5-3-6-19(23)13-18/h3,5-10,13,20H,4,11-12,14H2,1-2H3,(H,24,26)(H,25,27). The normalized spacial score (nSPS) is 16.1. The summed E-state index contributed by atoms with van der Waals surface area (Å²) >= 11 is 3.52. The minimum Gasteiger partial charge on any atom is -0.349 e. The average molecular weight is 429 g/mol. The van der Waals surface area contributed by atoms with Crippen LogP contribution in [0.5, 0.6) is 0 Å². The monoisotopic (exact) mass is 428 g/mol. The van der Waals surface area contributed by atoms with Crippen molar-refractivity contribution < 1.29 is 9.59 Å². The minimum absolute atomic E-state index is 0.0472. The van der Waals surface area contributed by atoms with E-state index in [1.54, 1.807) is 0 Å². The molecular weight excluding hydrogens is 404 g/mol. The molecule has 2 amide bonds. The van der Waals surface area contributed by atoms with E-state index in [1.165, 1.54) is 6.92 Å². The van der Waals surface area contributed by atoms with Gasteiger partial charge in [0.15, 0.2) is 0 Å². The maximum absolute atomic E-state index is 12.9. The topological polar surface area (TPSA) is 58.2 Å². The van der Waals surface area contributed by atoms with E-state index in [0.717, 1.165) is 40.4 Å². The molecule has 0 heterocycles. The zero-order valence-corrected chi connectivity index (χ0v) is 17.3. The Hall–Kier alpha value is -2.14. The molecule has 2 N–H and O–H groups in total. The lowest BCUT2D eigenvalue weighted by molar-refractivity contribution is -0.125.